The zero-order valence-electron chi connectivity index (χ0n) is 15.1. The molecule has 0 spiro atoms. The molecule has 2 N–H and O–H groups in total. The Labute approximate surface area is 152 Å². The van der Waals surface area contributed by atoms with Gasteiger partial charge in [-0.3, -0.25) is 9.69 Å². The second-order valence-corrected chi connectivity index (χ2v) is 7.86. The molecule has 5 nitrogen and oxygen atoms in total. The Kier molecular flexibility index (Phi) is 3.71. The van der Waals surface area contributed by atoms with E-state index in [0.717, 1.165) is 55.5 Å². The van der Waals surface area contributed by atoms with Crippen molar-refractivity contribution in [3.05, 3.63) is 63.0 Å². The van der Waals surface area contributed by atoms with Crippen LogP contribution in [0.1, 0.15) is 41.1 Å². The Morgan fingerprint density at radius 2 is 2.19 bits per heavy atom. The number of rotatable bonds is 4. The van der Waals surface area contributed by atoms with E-state index in [1.165, 1.54) is 34.9 Å². The summed E-state index contributed by atoms with van der Waals surface area (Å²) in [6, 6.07) is 6.44. The number of hydrogen-bond donors (Lipinski definition) is 2. The molecule has 0 atom stereocenters. The molecule has 26 heavy (non-hydrogen) atoms. The smallest absolute Gasteiger partial charge is 0.254 e. The maximum Gasteiger partial charge on any atom is 0.254 e. The Balaban J connectivity index is 1.40. The van der Waals surface area contributed by atoms with Crippen LogP contribution in [-0.4, -0.2) is 26.4 Å². The van der Waals surface area contributed by atoms with Crippen molar-refractivity contribution >= 4 is 10.9 Å². The van der Waals surface area contributed by atoms with Gasteiger partial charge in [0.25, 0.3) is 5.56 Å². The van der Waals surface area contributed by atoms with Gasteiger partial charge in [0, 0.05) is 48.7 Å². The lowest BCUT2D eigenvalue weighted by molar-refractivity contribution is 0.241. The molecule has 1 saturated carbocycles. The summed E-state index contributed by atoms with van der Waals surface area (Å²) in [5, 5.41) is 1.30. The minimum atomic E-state index is 0.0769. The van der Waals surface area contributed by atoms with Gasteiger partial charge in [-0.1, -0.05) is 18.2 Å². The van der Waals surface area contributed by atoms with Crippen molar-refractivity contribution in [1.82, 2.24) is 19.9 Å². The van der Waals surface area contributed by atoms with E-state index in [9.17, 15) is 4.79 Å². The standard InChI is InChI=1S/C21H24N4O/c1-13-3-2-4-16-15(10-22-20(13)16)11-25-8-7-17-18(12-25)23-19(24-21(17)26)9-14-5-6-14/h2-4,10,14,22H,5-9,11-12H2,1H3,(H,23,24,26). The lowest BCUT2D eigenvalue weighted by Gasteiger charge is -2.27. The fourth-order valence-corrected chi connectivity index (χ4v) is 4.11. The van der Waals surface area contributed by atoms with Gasteiger partial charge < -0.3 is 9.97 Å². The molecule has 1 aromatic carbocycles. The number of nitrogens with zero attached hydrogens (tertiary/aromatic N) is 2. The molecule has 3 aromatic rings. The molecule has 1 fully saturated rings. The highest BCUT2D eigenvalue weighted by Crippen LogP contribution is 2.31. The second-order valence-electron chi connectivity index (χ2n) is 7.86. The molecular formula is C21H24N4O. The molecular weight excluding hydrogens is 324 g/mol. The van der Waals surface area contributed by atoms with Gasteiger partial charge in [0.2, 0.25) is 0 Å². The van der Waals surface area contributed by atoms with E-state index in [1.54, 1.807) is 0 Å². The number of aromatic amines is 2. The number of para-hydroxylation sites is 1. The molecule has 3 heterocycles. The Morgan fingerprint density at radius 1 is 1.31 bits per heavy atom. The number of aromatic nitrogens is 3. The zero-order valence-corrected chi connectivity index (χ0v) is 15.1. The normalized spacial score (nSPS) is 17.6. The van der Waals surface area contributed by atoms with Crippen molar-refractivity contribution in [2.75, 3.05) is 6.54 Å². The molecule has 0 amide bonds. The maximum atomic E-state index is 12.4. The third kappa shape index (κ3) is 2.86. The van der Waals surface area contributed by atoms with E-state index in [1.807, 2.05) is 0 Å². The number of benzene rings is 1. The fraction of sp³-hybridized carbons (Fsp3) is 0.429. The van der Waals surface area contributed by atoms with Crippen LogP contribution in [0.4, 0.5) is 0 Å². The van der Waals surface area contributed by atoms with Crippen molar-refractivity contribution < 1.29 is 0 Å². The summed E-state index contributed by atoms with van der Waals surface area (Å²) in [6.45, 7) is 4.68. The van der Waals surface area contributed by atoms with E-state index in [4.69, 9.17) is 4.98 Å². The van der Waals surface area contributed by atoms with Crippen molar-refractivity contribution in [3.63, 3.8) is 0 Å². The predicted octanol–water partition coefficient (Wildman–Crippen LogP) is 3.07. The van der Waals surface area contributed by atoms with Gasteiger partial charge >= 0.3 is 0 Å². The highest BCUT2D eigenvalue weighted by molar-refractivity contribution is 5.85. The monoisotopic (exact) mass is 348 g/mol. The first-order valence-electron chi connectivity index (χ1n) is 9.56. The zero-order chi connectivity index (χ0) is 17.7. The van der Waals surface area contributed by atoms with Crippen molar-refractivity contribution in [1.29, 1.82) is 0 Å². The first kappa shape index (κ1) is 15.8. The van der Waals surface area contributed by atoms with Crippen LogP contribution in [0, 0.1) is 12.8 Å². The SMILES string of the molecule is Cc1cccc2c(CN3CCc4c(nc(CC5CC5)[nH]c4=O)C3)c[nH]c12. The predicted molar refractivity (Wildman–Crippen MR) is 102 cm³/mol. The van der Waals surface area contributed by atoms with Crippen LogP contribution < -0.4 is 5.56 Å². The number of aryl methyl sites for hydroxylation is 1. The maximum absolute atomic E-state index is 12.4. The van der Waals surface area contributed by atoms with Crippen LogP contribution in [0.2, 0.25) is 0 Å². The summed E-state index contributed by atoms with van der Waals surface area (Å²) in [5.74, 6) is 1.60. The molecule has 5 heteroatoms. The summed E-state index contributed by atoms with van der Waals surface area (Å²) >= 11 is 0. The number of nitrogens with one attached hydrogen (secondary N) is 2. The number of hydrogen-bond acceptors (Lipinski definition) is 3. The minimum absolute atomic E-state index is 0.0769. The third-order valence-electron chi connectivity index (χ3n) is 5.78. The van der Waals surface area contributed by atoms with Crippen molar-refractivity contribution in [2.24, 2.45) is 5.92 Å². The van der Waals surface area contributed by atoms with Gasteiger partial charge in [0.1, 0.15) is 5.82 Å². The lowest BCUT2D eigenvalue weighted by Crippen LogP contribution is -2.35. The van der Waals surface area contributed by atoms with Gasteiger partial charge in [-0.05, 0) is 43.2 Å². The van der Waals surface area contributed by atoms with E-state index < -0.39 is 0 Å². The highest BCUT2D eigenvalue weighted by atomic mass is 16.1. The number of fused-ring (bicyclic) bond motifs is 2. The first-order valence-corrected chi connectivity index (χ1v) is 9.56. The molecule has 0 saturated heterocycles. The van der Waals surface area contributed by atoms with Gasteiger partial charge in [-0.25, -0.2) is 4.98 Å². The second kappa shape index (κ2) is 6.09. The van der Waals surface area contributed by atoms with Gasteiger partial charge in [-0.2, -0.15) is 0 Å². The van der Waals surface area contributed by atoms with Gasteiger partial charge in [0.15, 0.2) is 0 Å². The molecule has 2 aromatic heterocycles. The van der Waals surface area contributed by atoms with E-state index in [2.05, 4.69) is 46.2 Å². The van der Waals surface area contributed by atoms with Gasteiger partial charge in [0.05, 0.1) is 5.69 Å². The van der Waals surface area contributed by atoms with E-state index in [-0.39, 0.29) is 5.56 Å². The fourth-order valence-electron chi connectivity index (χ4n) is 4.11. The molecule has 1 aliphatic carbocycles. The van der Waals surface area contributed by atoms with Crippen LogP contribution in [0.15, 0.2) is 29.2 Å². The Morgan fingerprint density at radius 3 is 3.04 bits per heavy atom. The third-order valence-corrected chi connectivity index (χ3v) is 5.78. The van der Waals surface area contributed by atoms with Crippen LogP contribution in [0.25, 0.3) is 10.9 Å². The van der Waals surface area contributed by atoms with E-state index in [0.29, 0.717) is 0 Å². The molecule has 5 rings (SSSR count). The summed E-state index contributed by atoms with van der Waals surface area (Å²) < 4.78 is 0. The van der Waals surface area contributed by atoms with Crippen molar-refractivity contribution in [3.8, 4) is 0 Å². The molecule has 0 radical (unpaired) electrons. The molecule has 1 aliphatic heterocycles. The van der Waals surface area contributed by atoms with Crippen LogP contribution >= 0.6 is 0 Å². The molecule has 134 valence electrons. The molecule has 0 bridgehead atoms. The molecule has 0 unspecified atom stereocenters. The summed E-state index contributed by atoms with van der Waals surface area (Å²) in [4.78, 5) is 26.0. The average Bonchev–Trinajstić information content (AvgIpc) is 3.34. The van der Waals surface area contributed by atoms with Gasteiger partial charge in [-0.15, -0.1) is 0 Å². The van der Waals surface area contributed by atoms with Crippen LogP contribution in [0.5, 0.6) is 0 Å². The number of H-pyrrole nitrogens is 2. The molecule has 2 aliphatic rings. The Hall–Kier alpha value is -2.40. The van der Waals surface area contributed by atoms with Crippen molar-refractivity contribution in [2.45, 2.75) is 45.7 Å². The Bertz CT molecular complexity index is 1030. The summed E-state index contributed by atoms with van der Waals surface area (Å²) in [6.07, 6.45) is 6.36. The van der Waals surface area contributed by atoms with Crippen LogP contribution in [0.3, 0.4) is 0 Å². The summed E-state index contributed by atoms with van der Waals surface area (Å²) in [5.41, 5.74) is 5.75. The lowest BCUT2D eigenvalue weighted by atomic mass is 10.0. The quantitative estimate of drug-likeness (QED) is 0.761. The topological polar surface area (TPSA) is 64.8 Å². The average molecular weight is 348 g/mol. The highest BCUT2D eigenvalue weighted by Gasteiger charge is 2.25. The van der Waals surface area contributed by atoms with Crippen LogP contribution in [-0.2, 0) is 25.9 Å². The van der Waals surface area contributed by atoms with E-state index >= 15 is 0 Å². The largest absolute Gasteiger partial charge is 0.361 e. The minimum Gasteiger partial charge on any atom is -0.361 e. The summed E-state index contributed by atoms with van der Waals surface area (Å²) in [7, 11) is 0. The first-order chi connectivity index (χ1) is 12.7.